The second-order valence-corrected chi connectivity index (χ2v) is 7.53. The van der Waals surface area contributed by atoms with Crippen LogP contribution >= 0.6 is 0 Å². The maximum atomic E-state index is 12.1. The first kappa shape index (κ1) is 18.9. The van der Waals surface area contributed by atoms with Gasteiger partial charge < -0.3 is 10.1 Å². The Morgan fingerprint density at radius 1 is 1.08 bits per heavy atom. The van der Waals surface area contributed by atoms with Crippen LogP contribution in [0.15, 0.2) is 48.5 Å². The van der Waals surface area contributed by atoms with Gasteiger partial charge in [0.25, 0.3) is 0 Å². The first-order valence-corrected chi connectivity index (χ1v) is 9.16. The topological polar surface area (TPSA) is 72.5 Å². The van der Waals surface area contributed by atoms with Gasteiger partial charge in [-0.3, -0.25) is 4.79 Å². The van der Waals surface area contributed by atoms with E-state index in [4.69, 9.17) is 0 Å². The van der Waals surface area contributed by atoms with Gasteiger partial charge in [0.15, 0.2) is 9.84 Å². The van der Waals surface area contributed by atoms with Gasteiger partial charge >= 0.3 is 6.61 Å². The van der Waals surface area contributed by atoms with Crippen LogP contribution in [0.1, 0.15) is 11.1 Å². The zero-order valence-electron chi connectivity index (χ0n) is 13.4. The molecule has 1 N–H and O–H groups in total. The molecule has 0 heterocycles. The van der Waals surface area contributed by atoms with Crippen molar-refractivity contribution in [2.75, 3.05) is 11.1 Å². The number of sulfone groups is 1. The molecule has 0 atom stereocenters. The minimum absolute atomic E-state index is 0.0556. The molecule has 0 aliphatic carbocycles. The minimum atomic E-state index is -3.63. The van der Waals surface area contributed by atoms with Crippen LogP contribution in [0.25, 0.3) is 0 Å². The van der Waals surface area contributed by atoms with E-state index in [1.54, 1.807) is 24.3 Å². The number of halogens is 2. The molecule has 2 aromatic carbocycles. The molecule has 0 radical (unpaired) electrons. The summed E-state index contributed by atoms with van der Waals surface area (Å²) < 4.78 is 52.5. The van der Waals surface area contributed by atoms with Crippen molar-refractivity contribution < 1.29 is 26.7 Å². The number of nitrogens with one attached hydrogen (secondary N) is 1. The summed E-state index contributed by atoms with van der Waals surface area (Å²) in [5.74, 6) is -1.66. The molecule has 0 bridgehead atoms. The van der Waals surface area contributed by atoms with Gasteiger partial charge in [0.05, 0.1) is 5.75 Å². The lowest BCUT2D eigenvalue weighted by Gasteiger charge is -2.08. The predicted octanol–water partition coefficient (Wildman–Crippen LogP) is 3.15. The van der Waals surface area contributed by atoms with E-state index in [-0.39, 0.29) is 17.2 Å². The number of hydrogen-bond donors (Lipinski definition) is 1. The van der Waals surface area contributed by atoms with Crippen LogP contribution in [0.3, 0.4) is 0 Å². The van der Waals surface area contributed by atoms with E-state index in [1.807, 2.05) is 6.92 Å². The molecule has 5 nitrogen and oxygen atoms in total. The van der Waals surface area contributed by atoms with Crippen molar-refractivity contribution >= 4 is 21.4 Å². The van der Waals surface area contributed by atoms with Crippen LogP contribution < -0.4 is 10.1 Å². The Hall–Kier alpha value is -2.48. The van der Waals surface area contributed by atoms with E-state index >= 15 is 0 Å². The van der Waals surface area contributed by atoms with E-state index < -0.39 is 28.1 Å². The Balaban J connectivity index is 1.93. The largest absolute Gasteiger partial charge is 0.435 e. The number of amides is 1. The fraction of sp³-hybridized carbons (Fsp3) is 0.235. The van der Waals surface area contributed by atoms with Gasteiger partial charge in [0.1, 0.15) is 11.5 Å². The molecule has 8 heteroatoms. The first-order valence-electron chi connectivity index (χ1n) is 7.34. The lowest BCUT2D eigenvalue weighted by atomic mass is 10.2. The molecular weight excluding hydrogens is 352 g/mol. The molecular formula is C17H17F2NO4S. The van der Waals surface area contributed by atoms with Crippen molar-refractivity contribution in [3.63, 3.8) is 0 Å². The molecule has 0 saturated heterocycles. The number of hydrogen-bond acceptors (Lipinski definition) is 4. The van der Waals surface area contributed by atoms with Crippen molar-refractivity contribution in [2.24, 2.45) is 0 Å². The van der Waals surface area contributed by atoms with Gasteiger partial charge in [-0.1, -0.05) is 29.8 Å². The number of benzene rings is 2. The van der Waals surface area contributed by atoms with E-state index in [0.29, 0.717) is 5.56 Å². The number of anilines is 1. The van der Waals surface area contributed by atoms with E-state index in [2.05, 4.69) is 10.1 Å². The summed E-state index contributed by atoms with van der Waals surface area (Å²) in [6.07, 6.45) is 0. The van der Waals surface area contributed by atoms with Crippen molar-refractivity contribution in [3.8, 4) is 5.75 Å². The molecule has 2 aromatic rings. The minimum Gasteiger partial charge on any atom is -0.435 e. The van der Waals surface area contributed by atoms with Crippen LogP contribution in [0.2, 0.25) is 0 Å². The maximum absolute atomic E-state index is 12.1. The van der Waals surface area contributed by atoms with E-state index in [1.165, 1.54) is 24.3 Å². The summed E-state index contributed by atoms with van der Waals surface area (Å²) in [6, 6.07) is 12.2. The standard InChI is InChI=1S/C17H17F2NO4S/c1-12-2-4-13(5-3-12)10-25(22,23)11-16(21)20-14-6-8-15(9-7-14)24-17(18)19/h2-9,17H,10-11H2,1H3,(H,20,21). The second-order valence-electron chi connectivity index (χ2n) is 5.47. The van der Waals surface area contributed by atoms with Crippen molar-refractivity contribution in [3.05, 3.63) is 59.7 Å². The quantitative estimate of drug-likeness (QED) is 0.814. The van der Waals surface area contributed by atoms with E-state index in [9.17, 15) is 22.0 Å². The Labute approximate surface area is 144 Å². The number of rotatable bonds is 7. The second kappa shape index (κ2) is 8.06. The van der Waals surface area contributed by atoms with Crippen LogP contribution in [0.4, 0.5) is 14.5 Å². The fourth-order valence-electron chi connectivity index (χ4n) is 2.11. The van der Waals surface area contributed by atoms with Gasteiger partial charge in [-0.25, -0.2) is 8.42 Å². The molecule has 0 aliphatic heterocycles. The molecule has 0 spiro atoms. The van der Waals surface area contributed by atoms with Crippen LogP contribution in [0.5, 0.6) is 5.75 Å². The number of ether oxygens (including phenoxy) is 1. The number of carbonyl (C=O) groups is 1. The van der Waals surface area contributed by atoms with Crippen LogP contribution in [0, 0.1) is 6.92 Å². The third kappa shape index (κ3) is 6.50. The first-order chi connectivity index (χ1) is 11.7. The van der Waals surface area contributed by atoms with Crippen LogP contribution in [-0.2, 0) is 20.4 Å². The summed E-state index contributed by atoms with van der Waals surface area (Å²) in [6.45, 7) is -1.05. The highest BCUT2D eigenvalue weighted by Gasteiger charge is 2.17. The molecule has 1 amide bonds. The molecule has 0 aromatic heterocycles. The lowest BCUT2D eigenvalue weighted by Crippen LogP contribution is -2.23. The summed E-state index contributed by atoms with van der Waals surface area (Å²) in [5.41, 5.74) is 1.90. The third-order valence-electron chi connectivity index (χ3n) is 3.22. The van der Waals surface area contributed by atoms with Gasteiger partial charge in [-0.2, -0.15) is 8.78 Å². The molecule has 134 valence electrons. The number of carbonyl (C=O) groups excluding carboxylic acids is 1. The predicted molar refractivity (Wildman–Crippen MR) is 90.4 cm³/mol. The molecule has 0 fully saturated rings. The summed E-state index contributed by atoms with van der Waals surface area (Å²) in [4.78, 5) is 11.9. The summed E-state index contributed by atoms with van der Waals surface area (Å²) >= 11 is 0. The lowest BCUT2D eigenvalue weighted by molar-refractivity contribution is -0.113. The molecule has 2 rings (SSSR count). The zero-order valence-corrected chi connectivity index (χ0v) is 14.2. The number of alkyl halides is 2. The SMILES string of the molecule is Cc1ccc(CS(=O)(=O)CC(=O)Nc2ccc(OC(F)F)cc2)cc1. The Morgan fingerprint density at radius 2 is 1.68 bits per heavy atom. The van der Waals surface area contributed by atoms with Gasteiger partial charge in [0, 0.05) is 5.69 Å². The molecule has 0 aliphatic rings. The van der Waals surface area contributed by atoms with Gasteiger partial charge in [-0.05, 0) is 36.8 Å². The highest BCUT2D eigenvalue weighted by molar-refractivity contribution is 7.91. The van der Waals surface area contributed by atoms with Gasteiger partial charge in [0.2, 0.25) is 5.91 Å². The highest BCUT2D eigenvalue weighted by atomic mass is 32.2. The normalized spacial score (nSPS) is 11.4. The average Bonchev–Trinajstić information content (AvgIpc) is 2.50. The average molecular weight is 369 g/mol. The Bertz CT molecular complexity index is 819. The molecule has 0 saturated carbocycles. The fourth-order valence-corrected chi connectivity index (χ4v) is 3.38. The monoisotopic (exact) mass is 369 g/mol. The Kier molecular flexibility index (Phi) is 6.08. The number of aryl methyl sites for hydroxylation is 1. The van der Waals surface area contributed by atoms with E-state index in [0.717, 1.165) is 5.56 Å². The van der Waals surface area contributed by atoms with Crippen molar-refractivity contribution in [2.45, 2.75) is 19.3 Å². The Morgan fingerprint density at radius 3 is 2.24 bits per heavy atom. The van der Waals surface area contributed by atoms with Gasteiger partial charge in [-0.15, -0.1) is 0 Å². The summed E-state index contributed by atoms with van der Waals surface area (Å²) in [5, 5.41) is 2.41. The summed E-state index contributed by atoms with van der Waals surface area (Å²) in [7, 11) is -3.63. The maximum Gasteiger partial charge on any atom is 0.387 e. The molecule has 0 unspecified atom stereocenters. The highest BCUT2D eigenvalue weighted by Crippen LogP contribution is 2.18. The van der Waals surface area contributed by atoms with Crippen LogP contribution in [-0.4, -0.2) is 26.7 Å². The zero-order chi connectivity index (χ0) is 18.4. The molecule has 25 heavy (non-hydrogen) atoms. The van der Waals surface area contributed by atoms with Crippen molar-refractivity contribution in [1.29, 1.82) is 0 Å². The van der Waals surface area contributed by atoms with Crippen molar-refractivity contribution in [1.82, 2.24) is 0 Å². The smallest absolute Gasteiger partial charge is 0.387 e. The third-order valence-corrected chi connectivity index (χ3v) is 4.70.